The number of hydrogen-bond acceptors (Lipinski definition) is 3. The molecule has 2 aliphatic heterocycles. The van der Waals surface area contributed by atoms with Gasteiger partial charge in [0.15, 0.2) is 0 Å². The van der Waals surface area contributed by atoms with Crippen molar-refractivity contribution >= 4 is 18.1 Å². The van der Waals surface area contributed by atoms with Gasteiger partial charge in [0.05, 0.1) is 0 Å². The SMILES string of the molecule is CC=O.CCN1CCCCCC1=O.O=C1CCCCCN1. The summed E-state index contributed by atoms with van der Waals surface area (Å²) in [5, 5.41) is 2.81. The number of nitrogens with one attached hydrogen (secondary N) is 1. The molecule has 21 heavy (non-hydrogen) atoms. The van der Waals surface area contributed by atoms with Crippen molar-refractivity contribution in [2.75, 3.05) is 19.6 Å². The number of likely N-dealkylation sites (tertiary alicyclic amines) is 1. The van der Waals surface area contributed by atoms with Gasteiger partial charge in [-0.25, -0.2) is 0 Å². The zero-order valence-corrected chi connectivity index (χ0v) is 13.5. The van der Waals surface area contributed by atoms with Gasteiger partial charge < -0.3 is 15.0 Å². The van der Waals surface area contributed by atoms with Gasteiger partial charge in [-0.1, -0.05) is 12.8 Å². The van der Waals surface area contributed by atoms with E-state index in [0.29, 0.717) is 5.91 Å². The molecule has 0 atom stereocenters. The van der Waals surface area contributed by atoms with Crippen LogP contribution in [0.4, 0.5) is 0 Å². The van der Waals surface area contributed by atoms with Crippen molar-refractivity contribution in [3.05, 3.63) is 0 Å². The molecule has 0 aromatic heterocycles. The van der Waals surface area contributed by atoms with Crippen LogP contribution in [0.2, 0.25) is 0 Å². The van der Waals surface area contributed by atoms with E-state index in [9.17, 15) is 9.59 Å². The molecule has 0 spiro atoms. The third-order valence-corrected chi connectivity index (χ3v) is 3.46. The molecular formula is C16H30N2O3. The number of carbonyl (C=O) groups excluding carboxylic acids is 3. The Morgan fingerprint density at radius 3 is 2.33 bits per heavy atom. The number of hydrogen-bond donors (Lipinski definition) is 1. The lowest BCUT2D eigenvalue weighted by Crippen LogP contribution is -2.29. The van der Waals surface area contributed by atoms with Crippen molar-refractivity contribution in [2.45, 2.75) is 65.2 Å². The molecule has 122 valence electrons. The lowest BCUT2D eigenvalue weighted by molar-refractivity contribution is -0.130. The van der Waals surface area contributed by atoms with Crippen molar-refractivity contribution in [1.82, 2.24) is 10.2 Å². The number of amides is 2. The lowest BCUT2D eigenvalue weighted by Gasteiger charge is -2.17. The minimum Gasteiger partial charge on any atom is -0.356 e. The Bertz CT molecular complexity index is 296. The third-order valence-electron chi connectivity index (χ3n) is 3.46. The van der Waals surface area contributed by atoms with E-state index in [4.69, 9.17) is 4.79 Å². The fraction of sp³-hybridized carbons (Fsp3) is 0.812. The van der Waals surface area contributed by atoms with Crippen LogP contribution in [0.3, 0.4) is 0 Å². The molecule has 0 aromatic rings. The molecule has 1 N–H and O–H groups in total. The molecule has 0 aliphatic carbocycles. The van der Waals surface area contributed by atoms with Gasteiger partial charge in [-0.05, 0) is 39.5 Å². The summed E-state index contributed by atoms with van der Waals surface area (Å²) in [6, 6.07) is 0. The molecule has 0 saturated carbocycles. The van der Waals surface area contributed by atoms with E-state index >= 15 is 0 Å². The summed E-state index contributed by atoms with van der Waals surface area (Å²) in [4.78, 5) is 32.5. The van der Waals surface area contributed by atoms with Crippen LogP contribution in [0.5, 0.6) is 0 Å². The van der Waals surface area contributed by atoms with Crippen LogP contribution < -0.4 is 5.32 Å². The second kappa shape index (κ2) is 13.6. The van der Waals surface area contributed by atoms with E-state index in [1.54, 1.807) is 0 Å². The number of aldehydes is 1. The van der Waals surface area contributed by atoms with Gasteiger partial charge in [0.1, 0.15) is 6.29 Å². The van der Waals surface area contributed by atoms with Gasteiger partial charge in [0, 0.05) is 32.5 Å². The number of nitrogens with zero attached hydrogens (tertiary/aromatic N) is 1. The molecule has 2 rings (SSSR count). The maximum absolute atomic E-state index is 11.2. The summed E-state index contributed by atoms with van der Waals surface area (Å²) in [6.45, 7) is 6.25. The van der Waals surface area contributed by atoms with E-state index < -0.39 is 0 Å². The van der Waals surface area contributed by atoms with Crippen LogP contribution in [0.15, 0.2) is 0 Å². The molecule has 2 saturated heterocycles. The van der Waals surface area contributed by atoms with E-state index in [2.05, 4.69) is 5.32 Å². The third kappa shape index (κ3) is 11.0. The normalized spacial score (nSPS) is 18.9. The summed E-state index contributed by atoms with van der Waals surface area (Å²) in [5.74, 6) is 0.572. The van der Waals surface area contributed by atoms with Crippen LogP contribution in [0, 0.1) is 0 Å². The summed E-state index contributed by atoms with van der Waals surface area (Å²) < 4.78 is 0. The molecule has 2 aliphatic rings. The highest BCUT2D eigenvalue weighted by Crippen LogP contribution is 2.09. The molecule has 0 aromatic carbocycles. The minimum atomic E-state index is 0.225. The van der Waals surface area contributed by atoms with Crippen molar-refractivity contribution < 1.29 is 14.4 Å². The maximum Gasteiger partial charge on any atom is 0.222 e. The van der Waals surface area contributed by atoms with Crippen molar-refractivity contribution in [3.8, 4) is 0 Å². The quantitative estimate of drug-likeness (QED) is 0.755. The average molecular weight is 298 g/mol. The smallest absolute Gasteiger partial charge is 0.222 e. The van der Waals surface area contributed by atoms with E-state index in [1.165, 1.54) is 26.2 Å². The predicted octanol–water partition coefficient (Wildman–Crippen LogP) is 2.29. The molecular weight excluding hydrogens is 268 g/mol. The Kier molecular flexibility index (Phi) is 12.7. The molecule has 0 radical (unpaired) electrons. The molecule has 5 heteroatoms. The van der Waals surface area contributed by atoms with Crippen molar-refractivity contribution in [3.63, 3.8) is 0 Å². The van der Waals surface area contributed by atoms with Gasteiger partial charge >= 0.3 is 0 Å². The number of carbonyl (C=O) groups is 3. The fourth-order valence-corrected chi connectivity index (χ4v) is 2.28. The van der Waals surface area contributed by atoms with Crippen LogP contribution in [-0.4, -0.2) is 42.6 Å². The Balaban J connectivity index is 0.000000327. The summed E-state index contributed by atoms with van der Waals surface area (Å²) in [6.07, 6.45) is 9.21. The highest BCUT2D eigenvalue weighted by Gasteiger charge is 2.13. The second-order valence-corrected chi connectivity index (χ2v) is 5.18. The first-order chi connectivity index (χ1) is 10.2. The Morgan fingerprint density at radius 1 is 1.05 bits per heavy atom. The molecule has 2 fully saturated rings. The zero-order valence-electron chi connectivity index (χ0n) is 13.5. The number of rotatable bonds is 1. The first kappa shape index (κ1) is 19.6. The highest BCUT2D eigenvalue weighted by molar-refractivity contribution is 5.76. The van der Waals surface area contributed by atoms with E-state index in [1.807, 2.05) is 11.8 Å². The van der Waals surface area contributed by atoms with Gasteiger partial charge in [-0.15, -0.1) is 0 Å². The monoisotopic (exact) mass is 298 g/mol. The van der Waals surface area contributed by atoms with Crippen molar-refractivity contribution in [2.24, 2.45) is 0 Å². The van der Waals surface area contributed by atoms with Gasteiger partial charge in [-0.3, -0.25) is 9.59 Å². The largest absolute Gasteiger partial charge is 0.356 e. The molecule has 2 amide bonds. The van der Waals surface area contributed by atoms with Gasteiger partial charge in [0.2, 0.25) is 11.8 Å². The summed E-state index contributed by atoms with van der Waals surface area (Å²) in [7, 11) is 0. The molecule has 2 heterocycles. The first-order valence-corrected chi connectivity index (χ1v) is 8.10. The Hall–Kier alpha value is -1.39. The zero-order chi connectivity index (χ0) is 15.9. The van der Waals surface area contributed by atoms with Crippen LogP contribution in [0.25, 0.3) is 0 Å². The lowest BCUT2D eigenvalue weighted by atomic mass is 10.2. The van der Waals surface area contributed by atoms with Crippen LogP contribution in [-0.2, 0) is 14.4 Å². The maximum atomic E-state index is 11.2. The molecule has 5 nitrogen and oxygen atoms in total. The minimum absolute atomic E-state index is 0.225. The van der Waals surface area contributed by atoms with Crippen LogP contribution in [0.1, 0.15) is 65.2 Å². The first-order valence-electron chi connectivity index (χ1n) is 8.10. The summed E-state index contributed by atoms with van der Waals surface area (Å²) in [5.41, 5.74) is 0. The van der Waals surface area contributed by atoms with Crippen molar-refractivity contribution in [1.29, 1.82) is 0 Å². The van der Waals surface area contributed by atoms with Gasteiger partial charge in [-0.2, -0.15) is 0 Å². The molecule has 0 bridgehead atoms. The Morgan fingerprint density at radius 2 is 1.67 bits per heavy atom. The van der Waals surface area contributed by atoms with Crippen LogP contribution >= 0.6 is 0 Å². The van der Waals surface area contributed by atoms with E-state index in [0.717, 1.165) is 58.0 Å². The average Bonchev–Trinajstić information content (AvgIpc) is 2.82. The summed E-state index contributed by atoms with van der Waals surface area (Å²) >= 11 is 0. The fourth-order valence-electron chi connectivity index (χ4n) is 2.28. The predicted molar refractivity (Wildman–Crippen MR) is 83.9 cm³/mol. The highest BCUT2D eigenvalue weighted by atomic mass is 16.2. The molecule has 0 unspecified atom stereocenters. The second-order valence-electron chi connectivity index (χ2n) is 5.18. The topological polar surface area (TPSA) is 66.5 Å². The standard InChI is InChI=1S/C8H15NO.C6H11NO.C2H4O/c1-2-9-7-5-3-4-6-8(9)10;8-6-4-2-1-3-5-7-6;1-2-3/h2-7H2,1H3;1-5H2,(H,7,8);2H,1H3. The Labute approximate surface area is 128 Å². The van der Waals surface area contributed by atoms with Gasteiger partial charge in [0.25, 0.3) is 0 Å². The van der Waals surface area contributed by atoms with E-state index in [-0.39, 0.29) is 5.91 Å².